The lowest BCUT2D eigenvalue weighted by molar-refractivity contribution is -0.122. The van der Waals surface area contributed by atoms with Crippen LogP contribution >= 0.6 is 0 Å². The number of anilines is 1. The van der Waals surface area contributed by atoms with Crippen molar-refractivity contribution in [2.45, 2.75) is 33.2 Å². The van der Waals surface area contributed by atoms with Crippen LogP contribution in [0.3, 0.4) is 0 Å². The maximum absolute atomic E-state index is 12.4. The fourth-order valence-corrected chi connectivity index (χ4v) is 2.53. The minimum Gasteiger partial charge on any atom is -0.292 e. The lowest BCUT2D eigenvalue weighted by Crippen LogP contribution is -2.41. The van der Waals surface area contributed by atoms with Gasteiger partial charge in [-0.1, -0.05) is 31.5 Å². The van der Waals surface area contributed by atoms with Crippen LogP contribution in [0.5, 0.6) is 0 Å². The molecule has 1 fully saturated rings. The number of carbonyl (C=O) groups excluding carboxylic acids is 2. The summed E-state index contributed by atoms with van der Waals surface area (Å²) < 4.78 is 0. The summed E-state index contributed by atoms with van der Waals surface area (Å²) in [5, 5.41) is 0. The van der Waals surface area contributed by atoms with Crippen LogP contribution in [0.4, 0.5) is 5.69 Å². The number of imide groups is 1. The molecule has 1 saturated heterocycles. The van der Waals surface area contributed by atoms with Crippen LogP contribution in [0.25, 0.3) is 0 Å². The fourth-order valence-electron chi connectivity index (χ4n) is 2.53. The van der Waals surface area contributed by atoms with Crippen LogP contribution in [0.2, 0.25) is 0 Å². The Balaban J connectivity index is 2.26. The molecule has 1 aliphatic rings. The van der Waals surface area contributed by atoms with E-state index in [9.17, 15) is 9.59 Å². The number of nitrogens with zero attached hydrogens (tertiary/aromatic N) is 2. The summed E-state index contributed by atoms with van der Waals surface area (Å²) in [6, 6.07) is 7.19. The maximum Gasteiger partial charge on any atom is 0.251 e. The van der Waals surface area contributed by atoms with Crippen LogP contribution < -0.4 is 4.90 Å². The molecule has 0 aliphatic carbocycles. The third-order valence-electron chi connectivity index (χ3n) is 3.67. The monoisotopic (exact) mass is 260 g/mol. The van der Waals surface area contributed by atoms with Gasteiger partial charge in [0, 0.05) is 0 Å². The predicted octanol–water partition coefficient (Wildman–Crippen LogP) is 1.97. The van der Waals surface area contributed by atoms with Crippen LogP contribution in [-0.4, -0.2) is 35.8 Å². The van der Waals surface area contributed by atoms with Crippen molar-refractivity contribution in [2.24, 2.45) is 0 Å². The van der Waals surface area contributed by atoms with Crippen molar-refractivity contribution in [3.8, 4) is 0 Å². The minimum absolute atomic E-state index is 0.0995. The topological polar surface area (TPSA) is 40.6 Å². The highest BCUT2D eigenvalue weighted by Gasteiger charge is 2.41. The Morgan fingerprint density at radius 1 is 1.16 bits per heavy atom. The molecular weight excluding hydrogens is 240 g/mol. The third kappa shape index (κ3) is 2.54. The van der Waals surface area contributed by atoms with Crippen LogP contribution in [0.1, 0.15) is 25.8 Å². The molecule has 0 radical (unpaired) electrons. The van der Waals surface area contributed by atoms with Crippen molar-refractivity contribution >= 4 is 17.5 Å². The van der Waals surface area contributed by atoms with E-state index in [-0.39, 0.29) is 24.3 Å². The number of rotatable bonds is 4. The van der Waals surface area contributed by atoms with E-state index in [2.05, 4.69) is 0 Å². The highest BCUT2D eigenvalue weighted by Crippen LogP contribution is 2.25. The zero-order chi connectivity index (χ0) is 14.0. The second kappa shape index (κ2) is 5.53. The Morgan fingerprint density at radius 3 is 2.26 bits per heavy atom. The summed E-state index contributed by atoms with van der Waals surface area (Å²) in [7, 11) is 0. The van der Waals surface area contributed by atoms with Gasteiger partial charge in [-0.25, -0.2) is 4.90 Å². The zero-order valence-electron chi connectivity index (χ0n) is 11.7. The van der Waals surface area contributed by atoms with Gasteiger partial charge in [-0.2, -0.15) is 0 Å². The maximum atomic E-state index is 12.4. The first-order chi connectivity index (χ1) is 9.08. The van der Waals surface area contributed by atoms with Crippen molar-refractivity contribution in [1.82, 2.24) is 4.90 Å². The average molecular weight is 260 g/mol. The van der Waals surface area contributed by atoms with Gasteiger partial charge in [-0.3, -0.25) is 14.5 Å². The molecule has 1 aromatic rings. The van der Waals surface area contributed by atoms with Gasteiger partial charge in [0.2, 0.25) is 5.91 Å². The first-order valence-corrected chi connectivity index (χ1v) is 6.76. The molecule has 2 amide bonds. The quantitative estimate of drug-likeness (QED) is 0.777. The first kappa shape index (κ1) is 13.7. The van der Waals surface area contributed by atoms with E-state index in [1.807, 2.05) is 49.9 Å². The van der Waals surface area contributed by atoms with Crippen LogP contribution in [0.15, 0.2) is 24.3 Å². The third-order valence-corrected chi connectivity index (χ3v) is 3.67. The predicted molar refractivity (Wildman–Crippen MR) is 75.0 cm³/mol. The van der Waals surface area contributed by atoms with Crippen LogP contribution in [-0.2, 0) is 9.59 Å². The lowest BCUT2D eigenvalue weighted by Gasteiger charge is -2.24. The SMILES string of the molecule is CCN(CC)C1CC(=O)N(c2ccc(C)cc2)C1=O. The molecular formula is C15H20N2O2. The largest absolute Gasteiger partial charge is 0.292 e. The molecule has 4 heteroatoms. The molecule has 1 aromatic carbocycles. The molecule has 0 spiro atoms. The number of carbonyl (C=O) groups is 2. The van der Waals surface area contributed by atoms with Crippen LogP contribution in [0, 0.1) is 6.92 Å². The summed E-state index contributed by atoms with van der Waals surface area (Å²) in [6.07, 6.45) is 0.286. The molecule has 2 rings (SSSR count). The zero-order valence-corrected chi connectivity index (χ0v) is 11.7. The van der Waals surface area contributed by atoms with Gasteiger partial charge in [-0.05, 0) is 32.1 Å². The van der Waals surface area contributed by atoms with E-state index in [4.69, 9.17) is 0 Å². The number of hydrogen-bond acceptors (Lipinski definition) is 3. The molecule has 1 aliphatic heterocycles. The first-order valence-electron chi connectivity index (χ1n) is 6.76. The number of likely N-dealkylation sites (N-methyl/N-ethyl adjacent to an activating group) is 1. The van der Waals surface area contributed by atoms with E-state index >= 15 is 0 Å². The van der Waals surface area contributed by atoms with Crippen molar-refractivity contribution in [3.05, 3.63) is 29.8 Å². The second-order valence-electron chi connectivity index (χ2n) is 4.84. The van der Waals surface area contributed by atoms with Gasteiger partial charge in [0.05, 0.1) is 18.2 Å². The molecule has 0 bridgehead atoms. The molecule has 4 nitrogen and oxygen atoms in total. The van der Waals surface area contributed by atoms with Gasteiger partial charge in [0.15, 0.2) is 0 Å². The summed E-state index contributed by atoms with van der Waals surface area (Å²) >= 11 is 0. The molecule has 1 heterocycles. The molecule has 0 aromatic heterocycles. The van der Waals surface area contributed by atoms with Crippen molar-refractivity contribution in [3.63, 3.8) is 0 Å². The van der Waals surface area contributed by atoms with Crippen molar-refractivity contribution in [1.29, 1.82) is 0 Å². The minimum atomic E-state index is -0.302. The number of amides is 2. The van der Waals surface area contributed by atoms with Gasteiger partial charge in [0.25, 0.3) is 5.91 Å². The molecule has 19 heavy (non-hydrogen) atoms. The van der Waals surface area contributed by atoms with E-state index in [0.717, 1.165) is 18.7 Å². The van der Waals surface area contributed by atoms with E-state index in [0.29, 0.717) is 5.69 Å². The van der Waals surface area contributed by atoms with Gasteiger partial charge >= 0.3 is 0 Å². The summed E-state index contributed by atoms with van der Waals surface area (Å²) in [5.74, 6) is -0.205. The summed E-state index contributed by atoms with van der Waals surface area (Å²) in [6.45, 7) is 7.56. The van der Waals surface area contributed by atoms with E-state index in [1.54, 1.807) is 0 Å². The number of hydrogen-bond donors (Lipinski definition) is 0. The van der Waals surface area contributed by atoms with Crippen molar-refractivity contribution < 1.29 is 9.59 Å². The second-order valence-corrected chi connectivity index (χ2v) is 4.84. The molecule has 0 saturated carbocycles. The van der Waals surface area contributed by atoms with Gasteiger partial charge in [-0.15, -0.1) is 0 Å². The molecule has 0 N–H and O–H groups in total. The summed E-state index contributed by atoms with van der Waals surface area (Å²) in [5.41, 5.74) is 1.79. The Morgan fingerprint density at radius 2 is 1.74 bits per heavy atom. The number of aryl methyl sites for hydroxylation is 1. The lowest BCUT2D eigenvalue weighted by atomic mass is 10.2. The van der Waals surface area contributed by atoms with E-state index in [1.165, 1.54) is 4.90 Å². The van der Waals surface area contributed by atoms with Gasteiger partial charge < -0.3 is 0 Å². The Kier molecular flexibility index (Phi) is 4.00. The molecule has 1 atom stereocenters. The van der Waals surface area contributed by atoms with Crippen molar-refractivity contribution in [2.75, 3.05) is 18.0 Å². The Hall–Kier alpha value is -1.68. The molecule has 102 valence electrons. The highest BCUT2D eigenvalue weighted by molar-refractivity contribution is 6.22. The van der Waals surface area contributed by atoms with E-state index < -0.39 is 0 Å². The Labute approximate surface area is 114 Å². The smallest absolute Gasteiger partial charge is 0.251 e. The highest BCUT2D eigenvalue weighted by atomic mass is 16.2. The summed E-state index contributed by atoms with van der Waals surface area (Å²) in [4.78, 5) is 27.9. The molecule has 1 unspecified atom stereocenters. The Bertz CT molecular complexity index is 477. The number of benzene rings is 1. The standard InChI is InChI=1S/C15H20N2O2/c1-4-16(5-2)13-10-14(18)17(15(13)19)12-8-6-11(3)7-9-12/h6-9,13H,4-5,10H2,1-3H3. The normalized spacial score (nSPS) is 19.6. The van der Waals surface area contributed by atoms with Gasteiger partial charge in [0.1, 0.15) is 0 Å². The average Bonchev–Trinajstić information content (AvgIpc) is 2.68. The fraction of sp³-hybridized carbons (Fsp3) is 0.467.